The molecular formula is C19H22FN3O2. The summed E-state index contributed by atoms with van der Waals surface area (Å²) in [4.78, 5) is 23.8. The quantitative estimate of drug-likeness (QED) is 0.753. The Morgan fingerprint density at radius 1 is 1.08 bits per heavy atom. The van der Waals surface area contributed by atoms with Crippen LogP contribution in [0.25, 0.3) is 0 Å². The topological polar surface area (TPSA) is 84.2 Å². The Morgan fingerprint density at radius 3 is 2.24 bits per heavy atom. The van der Waals surface area contributed by atoms with E-state index in [0.29, 0.717) is 12.1 Å². The summed E-state index contributed by atoms with van der Waals surface area (Å²) >= 11 is 0. The van der Waals surface area contributed by atoms with Crippen molar-refractivity contribution in [3.8, 4) is 0 Å². The summed E-state index contributed by atoms with van der Waals surface area (Å²) in [7, 11) is 0. The van der Waals surface area contributed by atoms with Crippen LogP contribution in [-0.4, -0.2) is 18.5 Å². The maximum Gasteiger partial charge on any atom is 0.315 e. The first-order valence-corrected chi connectivity index (χ1v) is 7.94. The highest BCUT2D eigenvalue weighted by molar-refractivity contribution is 5.87. The van der Waals surface area contributed by atoms with Crippen LogP contribution in [0.2, 0.25) is 0 Å². The predicted octanol–water partition coefficient (Wildman–Crippen LogP) is 2.63. The zero-order valence-corrected chi connectivity index (χ0v) is 14.3. The average molecular weight is 343 g/mol. The van der Waals surface area contributed by atoms with Gasteiger partial charge >= 0.3 is 6.03 Å². The van der Waals surface area contributed by atoms with Gasteiger partial charge in [0.15, 0.2) is 0 Å². The zero-order chi connectivity index (χ0) is 18.4. The Balaban J connectivity index is 1.99. The summed E-state index contributed by atoms with van der Waals surface area (Å²) in [5.74, 6) is -0.948. The Labute approximate surface area is 146 Å². The normalized spacial score (nSPS) is 12.3. The molecule has 2 aromatic carbocycles. The molecule has 0 fully saturated rings. The molecule has 0 aromatic heterocycles. The van der Waals surface area contributed by atoms with Gasteiger partial charge in [-0.1, -0.05) is 56.3 Å². The second-order valence-corrected chi connectivity index (χ2v) is 6.46. The first-order chi connectivity index (χ1) is 11.8. The van der Waals surface area contributed by atoms with E-state index in [1.54, 1.807) is 36.4 Å². The molecule has 6 heteroatoms. The average Bonchev–Trinajstić information content (AvgIpc) is 2.59. The Kier molecular flexibility index (Phi) is 5.75. The van der Waals surface area contributed by atoms with Crippen LogP contribution in [0.15, 0.2) is 54.6 Å². The van der Waals surface area contributed by atoms with Crippen molar-refractivity contribution in [2.24, 2.45) is 5.73 Å². The van der Waals surface area contributed by atoms with Crippen LogP contribution in [0.4, 0.5) is 9.18 Å². The maximum atomic E-state index is 13.0. The van der Waals surface area contributed by atoms with Gasteiger partial charge in [0.05, 0.1) is 0 Å². The fourth-order valence-electron chi connectivity index (χ4n) is 2.45. The lowest BCUT2D eigenvalue weighted by Gasteiger charge is -2.26. The van der Waals surface area contributed by atoms with E-state index < -0.39 is 23.4 Å². The van der Waals surface area contributed by atoms with Crippen LogP contribution in [0.3, 0.4) is 0 Å². The minimum Gasteiger partial charge on any atom is -0.368 e. The van der Waals surface area contributed by atoms with Gasteiger partial charge in [-0.2, -0.15) is 0 Å². The van der Waals surface area contributed by atoms with Crippen molar-refractivity contribution in [1.82, 2.24) is 10.6 Å². The van der Waals surface area contributed by atoms with E-state index in [-0.39, 0.29) is 5.82 Å². The summed E-state index contributed by atoms with van der Waals surface area (Å²) in [5.41, 5.74) is 6.49. The zero-order valence-electron chi connectivity index (χ0n) is 14.3. The number of hydrogen-bond acceptors (Lipinski definition) is 2. The summed E-state index contributed by atoms with van der Waals surface area (Å²) < 4.78 is 13.0. The molecule has 1 atom stereocenters. The highest BCUT2D eigenvalue weighted by atomic mass is 19.1. The summed E-state index contributed by atoms with van der Waals surface area (Å²) in [6, 6.07) is 13.5. The van der Waals surface area contributed by atoms with E-state index in [9.17, 15) is 14.0 Å². The van der Waals surface area contributed by atoms with Gasteiger partial charge in [0.25, 0.3) is 0 Å². The highest BCUT2D eigenvalue weighted by Crippen LogP contribution is 2.22. The van der Waals surface area contributed by atoms with Crippen molar-refractivity contribution in [1.29, 1.82) is 0 Å². The number of rotatable bonds is 6. The molecule has 0 aliphatic heterocycles. The molecular weight excluding hydrogens is 321 g/mol. The molecule has 2 rings (SSSR count). The molecule has 5 nitrogen and oxygen atoms in total. The Hall–Kier alpha value is -2.89. The molecule has 0 saturated carbocycles. The van der Waals surface area contributed by atoms with Crippen molar-refractivity contribution in [2.45, 2.75) is 25.3 Å². The van der Waals surface area contributed by atoms with Crippen molar-refractivity contribution in [3.05, 3.63) is 71.5 Å². The van der Waals surface area contributed by atoms with E-state index in [2.05, 4.69) is 10.6 Å². The SMILES string of the molecule is CC(C)(CNC(=O)N[C@H](C(N)=O)c1ccccc1)c1ccc(F)cc1. The van der Waals surface area contributed by atoms with Crippen LogP contribution in [0.1, 0.15) is 31.0 Å². The first kappa shape index (κ1) is 18.4. The third-order valence-corrected chi connectivity index (χ3v) is 4.01. The van der Waals surface area contributed by atoms with E-state index in [0.717, 1.165) is 5.56 Å². The third-order valence-electron chi connectivity index (χ3n) is 4.01. The van der Waals surface area contributed by atoms with Gasteiger partial charge in [0.1, 0.15) is 11.9 Å². The fourth-order valence-corrected chi connectivity index (χ4v) is 2.45. The lowest BCUT2D eigenvalue weighted by Crippen LogP contribution is -2.46. The van der Waals surface area contributed by atoms with Crippen LogP contribution in [0, 0.1) is 5.82 Å². The second-order valence-electron chi connectivity index (χ2n) is 6.46. The smallest absolute Gasteiger partial charge is 0.315 e. The van der Waals surface area contributed by atoms with Gasteiger partial charge in [0, 0.05) is 12.0 Å². The van der Waals surface area contributed by atoms with Crippen molar-refractivity contribution < 1.29 is 14.0 Å². The monoisotopic (exact) mass is 343 g/mol. The number of halogens is 1. The van der Waals surface area contributed by atoms with E-state index in [1.165, 1.54) is 12.1 Å². The predicted molar refractivity (Wildman–Crippen MR) is 94.3 cm³/mol. The molecule has 0 radical (unpaired) electrons. The van der Waals surface area contributed by atoms with E-state index in [1.807, 2.05) is 19.9 Å². The van der Waals surface area contributed by atoms with Gasteiger partial charge in [-0.15, -0.1) is 0 Å². The molecule has 0 spiro atoms. The standard InChI is InChI=1S/C19H22FN3O2/c1-19(2,14-8-10-15(20)11-9-14)12-22-18(25)23-16(17(21)24)13-6-4-3-5-7-13/h3-11,16H,12H2,1-2H3,(H2,21,24)(H2,22,23,25)/t16-/m0/s1. The minimum atomic E-state index is -0.907. The number of benzene rings is 2. The minimum absolute atomic E-state index is 0.308. The Morgan fingerprint density at radius 2 is 1.68 bits per heavy atom. The number of nitrogens with two attached hydrogens (primary N) is 1. The summed E-state index contributed by atoms with van der Waals surface area (Å²) in [6.07, 6.45) is 0. The molecule has 0 aliphatic carbocycles. The van der Waals surface area contributed by atoms with Gasteiger partial charge in [-0.3, -0.25) is 4.79 Å². The first-order valence-electron chi connectivity index (χ1n) is 7.94. The number of hydrogen-bond donors (Lipinski definition) is 3. The summed E-state index contributed by atoms with van der Waals surface area (Å²) in [6.45, 7) is 4.18. The van der Waals surface area contributed by atoms with Gasteiger partial charge < -0.3 is 16.4 Å². The van der Waals surface area contributed by atoms with Crippen molar-refractivity contribution in [2.75, 3.05) is 6.54 Å². The number of carbonyl (C=O) groups excluding carboxylic acids is 2. The molecule has 2 aromatic rings. The second kappa shape index (κ2) is 7.79. The molecule has 0 aliphatic rings. The maximum absolute atomic E-state index is 13.0. The highest BCUT2D eigenvalue weighted by Gasteiger charge is 2.24. The van der Waals surface area contributed by atoms with Gasteiger partial charge in [-0.05, 0) is 23.3 Å². The number of carbonyl (C=O) groups is 2. The summed E-state index contributed by atoms with van der Waals surface area (Å²) in [5, 5.41) is 5.32. The molecule has 0 bridgehead atoms. The molecule has 0 unspecified atom stereocenters. The van der Waals surface area contributed by atoms with Crippen molar-refractivity contribution in [3.63, 3.8) is 0 Å². The van der Waals surface area contributed by atoms with E-state index >= 15 is 0 Å². The number of urea groups is 1. The van der Waals surface area contributed by atoms with Gasteiger partial charge in [-0.25, -0.2) is 9.18 Å². The third kappa shape index (κ3) is 5.04. The lowest BCUT2D eigenvalue weighted by molar-refractivity contribution is -0.119. The fraction of sp³-hybridized carbons (Fsp3) is 0.263. The molecule has 25 heavy (non-hydrogen) atoms. The number of nitrogens with one attached hydrogen (secondary N) is 2. The van der Waals surface area contributed by atoms with Crippen molar-refractivity contribution >= 4 is 11.9 Å². The number of amides is 3. The Bertz CT molecular complexity index is 730. The number of primary amides is 1. The lowest BCUT2D eigenvalue weighted by atomic mass is 9.84. The van der Waals surface area contributed by atoms with Crippen LogP contribution in [-0.2, 0) is 10.2 Å². The molecule has 0 heterocycles. The van der Waals surface area contributed by atoms with Crippen LogP contribution < -0.4 is 16.4 Å². The molecule has 0 saturated heterocycles. The largest absolute Gasteiger partial charge is 0.368 e. The van der Waals surface area contributed by atoms with E-state index in [4.69, 9.17) is 5.73 Å². The molecule has 4 N–H and O–H groups in total. The molecule has 132 valence electrons. The van der Waals surface area contributed by atoms with Crippen LogP contribution >= 0.6 is 0 Å². The molecule has 3 amide bonds. The van der Waals surface area contributed by atoms with Crippen LogP contribution in [0.5, 0.6) is 0 Å². The van der Waals surface area contributed by atoms with Gasteiger partial charge in [0.2, 0.25) is 5.91 Å².